The Balaban J connectivity index is 1.27. The molecule has 0 unspecified atom stereocenters. The lowest BCUT2D eigenvalue weighted by molar-refractivity contribution is -0.946. The van der Waals surface area contributed by atoms with E-state index in [1.807, 2.05) is 36.4 Å². The predicted molar refractivity (Wildman–Crippen MR) is 130 cm³/mol. The first-order chi connectivity index (χ1) is 16.2. The van der Waals surface area contributed by atoms with Gasteiger partial charge in [0.2, 0.25) is 0 Å². The largest absolute Gasteiger partial charge is 0.488 e. The molecule has 2 aromatic rings. The van der Waals surface area contributed by atoms with E-state index in [9.17, 15) is 4.79 Å². The monoisotopic (exact) mass is 448 g/mol. The van der Waals surface area contributed by atoms with Gasteiger partial charge in [0, 0.05) is 18.8 Å². The van der Waals surface area contributed by atoms with Crippen LogP contribution in [0.15, 0.2) is 60.7 Å². The number of nitrogens with zero attached hydrogens (tertiary/aromatic N) is 1. The fraction of sp³-hybridized carbons (Fsp3) is 0.552. The first-order valence-electron chi connectivity index (χ1n) is 13.0. The molecule has 1 aliphatic carbocycles. The average molecular weight is 449 g/mol. The minimum Gasteiger partial charge on any atom is -0.488 e. The number of quaternary nitrogens is 1. The molecule has 3 aliphatic heterocycles. The van der Waals surface area contributed by atoms with Gasteiger partial charge >= 0.3 is 5.97 Å². The summed E-state index contributed by atoms with van der Waals surface area (Å²) in [6.07, 6.45) is 8.83. The van der Waals surface area contributed by atoms with Crippen LogP contribution in [0, 0.1) is 5.92 Å². The van der Waals surface area contributed by atoms with Crippen LogP contribution in [0.3, 0.4) is 0 Å². The van der Waals surface area contributed by atoms with Gasteiger partial charge in [-0.3, -0.25) is 4.79 Å². The molecule has 0 radical (unpaired) electrons. The first-order valence-corrected chi connectivity index (χ1v) is 13.0. The Hall–Kier alpha value is -2.33. The highest BCUT2D eigenvalue weighted by molar-refractivity contribution is 5.83. The molecule has 0 N–H and O–H groups in total. The number of fused-ring (bicyclic) bond motifs is 3. The molecule has 1 saturated carbocycles. The highest BCUT2D eigenvalue weighted by atomic mass is 16.5. The van der Waals surface area contributed by atoms with Gasteiger partial charge in [0.15, 0.2) is 6.10 Å². The summed E-state index contributed by atoms with van der Waals surface area (Å²) in [5.74, 6) is 1.49. The normalized spacial score (nSPS) is 28.6. The smallest absolute Gasteiger partial charge is 0.317 e. The summed E-state index contributed by atoms with van der Waals surface area (Å²) in [6, 6.07) is 20.5. The molecule has 2 aromatic carbocycles. The lowest BCUT2D eigenvalue weighted by atomic mass is 9.74. The average Bonchev–Trinajstić information content (AvgIpc) is 3.13. The van der Waals surface area contributed by atoms with Crippen LogP contribution in [-0.2, 0) is 14.9 Å². The molecule has 4 aliphatic rings. The number of rotatable bonds is 7. The van der Waals surface area contributed by atoms with Gasteiger partial charge in [0.05, 0.1) is 18.5 Å². The van der Waals surface area contributed by atoms with E-state index in [0.29, 0.717) is 12.5 Å². The van der Waals surface area contributed by atoms with Crippen molar-refractivity contribution in [3.63, 3.8) is 0 Å². The molecule has 33 heavy (non-hydrogen) atoms. The number of carbonyl (C=O) groups excluding carboxylic acids is 1. The third kappa shape index (κ3) is 4.82. The van der Waals surface area contributed by atoms with Crippen molar-refractivity contribution in [1.82, 2.24) is 0 Å². The van der Waals surface area contributed by atoms with E-state index in [1.54, 1.807) is 0 Å². The second-order valence-electron chi connectivity index (χ2n) is 10.5. The Morgan fingerprint density at radius 2 is 1.52 bits per heavy atom. The minimum atomic E-state index is -0.467. The Morgan fingerprint density at radius 1 is 0.879 bits per heavy atom. The molecule has 3 saturated heterocycles. The van der Waals surface area contributed by atoms with E-state index in [-0.39, 0.29) is 12.1 Å². The molecule has 0 aromatic heterocycles. The highest BCUT2D eigenvalue weighted by Crippen LogP contribution is 2.42. The topological polar surface area (TPSA) is 35.5 Å². The van der Waals surface area contributed by atoms with Crippen molar-refractivity contribution in [2.45, 2.75) is 62.9 Å². The molecular weight excluding hydrogens is 410 g/mol. The van der Waals surface area contributed by atoms with Crippen molar-refractivity contribution in [2.75, 3.05) is 32.8 Å². The maximum atomic E-state index is 13.9. The number of hydrogen-bond acceptors (Lipinski definition) is 3. The van der Waals surface area contributed by atoms with Crippen molar-refractivity contribution in [1.29, 1.82) is 0 Å². The lowest BCUT2D eigenvalue weighted by Crippen LogP contribution is -2.65. The lowest BCUT2D eigenvalue weighted by Gasteiger charge is -2.52. The summed E-state index contributed by atoms with van der Waals surface area (Å²) in [4.78, 5) is 13.9. The number of carbonyl (C=O) groups is 1. The van der Waals surface area contributed by atoms with Gasteiger partial charge < -0.3 is 14.0 Å². The predicted octanol–water partition coefficient (Wildman–Crippen LogP) is 5.51. The van der Waals surface area contributed by atoms with E-state index < -0.39 is 5.41 Å². The standard InChI is InChI=1S/C29H38NO3/c31-28(29(17-9-1-2-10-18-29)25-11-5-3-6-12-25)33-27-23-30(19-15-24(27)16-20-30)21-22-32-26-13-7-4-8-14-26/h3-8,11-14,24,27H,1-2,9-10,15-23H2/q+1/t24?,27-,30?/m0/s1. The zero-order valence-corrected chi connectivity index (χ0v) is 19.8. The van der Waals surface area contributed by atoms with E-state index in [2.05, 4.69) is 24.3 Å². The van der Waals surface area contributed by atoms with Gasteiger partial charge in [0.25, 0.3) is 0 Å². The summed E-state index contributed by atoms with van der Waals surface area (Å²) in [7, 11) is 0. The maximum absolute atomic E-state index is 13.9. The van der Waals surface area contributed by atoms with Crippen LogP contribution in [-0.4, -0.2) is 49.3 Å². The summed E-state index contributed by atoms with van der Waals surface area (Å²) >= 11 is 0. The van der Waals surface area contributed by atoms with Crippen LogP contribution in [0.25, 0.3) is 0 Å². The van der Waals surface area contributed by atoms with Crippen LogP contribution in [0.2, 0.25) is 0 Å². The zero-order valence-electron chi connectivity index (χ0n) is 19.8. The first kappa shape index (κ1) is 22.5. The van der Waals surface area contributed by atoms with Gasteiger partial charge in [0.1, 0.15) is 25.4 Å². The van der Waals surface area contributed by atoms with Crippen molar-refractivity contribution in [2.24, 2.45) is 5.92 Å². The Bertz CT molecular complexity index is 897. The van der Waals surface area contributed by atoms with Gasteiger partial charge in [-0.2, -0.15) is 0 Å². The summed E-state index contributed by atoms with van der Waals surface area (Å²) in [5, 5.41) is 0. The molecular formula is C29H38NO3+. The molecule has 4 nitrogen and oxygen atoms in total. The summed E-state index contributed by atoms with van der Waals surface area (Å²) < 4.78 is 13.5. The van der Waals surface area contributed by atoms with Crippen LogP contribution >= 0.6 is 0 Å². The van der Waals surface area contributed by atoms with Crippen molar-refractivity contribution < 1.29 is 18.8 Å². The fourth-order valence-electron chi connectivity index (χ4n) is 6.49. The van der Waals surface area contributed by atoms with E-state index in [0.717, 1.165) is 67.4 Å². The Labute approximate surface area is 198 Å². The second-order valence-corrected chi connectivity index (χ2v) is 10.5. The van der Waals surface area contributed by atoms with E-state index in [1.165, 1.54) is 25.9 Å². The zero-order chi connectivity index (χ0) is 22.6. The quantitative estimate of drug-likeness (QED) is 0.318. The van der Waals surface area contributed by atoms with Crippen molar-refractivity contribution >= 4 is 5.97 Å². The molecule has 4 heteroatoms. The highest BCUT2D eigenvalue weighted by Gasteiger charge is 2.50. The van der Waals surface area contributed by atoms with Crippen LogP contribution in [0.4, 0.5) is 0 Å². The van der Waals surface area contributed by atoms with Crippen LogP contribution in [0.1, 0.15) is 56.9 Å². The third-order valence-corrected chi connectivity index (χ3v) is 8.55. The van der Waals surface area contributed by atoms with E-state index >= 15 is 0 Å². The molecule has 0 amide bonds. The molecule has 4 fully saturated rings. The number of hydrogen-bond donors (Lipinski definition) is 0. The van der Waals surface area contributed by atoms with Gasteiger partial charge in [-0.05, 0) is 30.5 Å². The maximum Gasteiger partial charge on any atom is 0.317 e. The minimum absolute atomic E-state index is 0.0352. The molecule has 6 rings (SSSR count). The number of piperidine rings is 3. The molecule has 176 valence electrons. The number of para-hydroxylation sites is 1. The number of ether oxygens (including phenoxy) is 2. The number of benzene rings is 2. The van der Waals surface area contributed by atoms with Crippen LogP contribution < -0.4 is 4.74 Å². The molecule has 3 heterocycles. The van der Waals surface area contributed by atoms with Gasteiger partial charge in [-0.1, -0.05) is 74.2 Å². The number of esters is 1. The molecule has 0 spiro atoms. The summed E-state index contributed by atoms with van der Waals surface area (Å²) in [6.45, 7) is 5.00. The van der Waals surface area contributed by atoms with E-state index in [4.69, 9.17) is 9.47 Å². The van der Waals surface area contributed by atoms with Gasteiger partial charge in [-0.25, -0.2) is 0 Å². The summed E-state index contributed by atoms with van der Waals surface area (Å²) in [5.41, 5.74) is 0.684. The third-order valence-electron chi connectivity index (χ3n) is 8.55. The Morgan fingerprint density at radius 3 is 2.18 bits per heavy atom. The Kier molecular flexibility index (Phi) is 6.73. The van der Waals surface area contributed by atoms with Crippen LogP contribution in [0.5, 0.6) is 5.75 Å². The molecule has 1 atom stereocenters. The SMILES string of the molecule is O=C(O[C@H]1C[N+]2(CCOc3ccccc3)CCC1CC2)C1(c2ccccc2)CCCCCC1. The second kappa shape index (κ2) is 9.89. The van der Waals surface area contributed by atoms with Gasteiger partial charge in [-0.15, -0.1) is 0 Å². The fourth-order valence-corrected chi connectivity index (χ4v) is 6.49. The van der Waals surface area contributed by atoms with Crippen molar-refractivity contribution in [3.05, 3.63) is 66.2 Å². The molecule has 2 bridgehead atoms. The van der Waals surface area contributed by atoms with Crippen molar-refractivity contribution in [3.8, 4) is 5.75 Å².